The van der Waals surface area contributed by atoms with Crippen LogP contribution in [0, 0.1) is 0 Å². The van der Waals surface area contributed by atoms with Crippen molar-refractivity contribution in [1.29, 1.82) is 0 Å². The number of carbonyl (C=O) groups excluding carboxylic acids is 2. The van der Waals surface area contributed by atoms with Crippen LogP contribution in [-0.4, -0.2) is 61.6 Å². The highest BCUT2D eigenvalue weighted by atomic mass is 16.1. The Balaban J connectivity index is 0.000000180. The fraction of sp³-hybridized carbons (Fsp3) is 0.538. The normalized spacial score (nSPS) is 25.9. The number of likely N-dealkylation sites (N-methyl/N-ethyl adjacent to an activating group) is 2. The van der Waals surface area contributed by atoms with E-state index in [1.807, 2.05) is 36.9 Å². The van der Waals surface area contributed by atoms with Gasteiger partial charge in [0.05, 0.1) is 13.1 Å². The predicted molar refractivity (Wildman–Crippen MR) is 71.0 cm³/mol. The molecule has 18 heavy (non-hydrogen) atoms. The number of nitrogens with two attached hydrogens (primary N) is 1. The van der Waals surface area contributed by atoms with Crippen LogP contribution in [0.2, 0.25) is 0 Å². The second-order valence-corrected chi connectivity index (χ2v) is 4.70. The van der Waals surface area contributed by atoms with Crippen LogP contribution in [0.5, 0.6) is 0 Å². The fourth-order valence-corrected chi connectivity index (χ4v) is 1.96. The van der Waals surface area contributed by atoms with Crippen LogP contribution < -0.4 is 5.73 Å². The monoisotopic (exact) mass is 251 g/mol. The summed E-state index contributed by atoms with van der Waals surface area (Å²) in [7, 11) is 3.85. The molecule has 2 aliphatic rings. The van der Waals surface area contributed by atoms with Gasteiger partial charge in [-0.1, -0.05) is 6.08 Å². The lowest BCUT2D eigenvalue weighted by Crippen LogP contribution is -2.13. The third-order valence-electron chi connectivity index (χ3n) is 2.97. The third-order valence-corrected chi connectivity index (χ3v) is 2.97. The molecule has 0 spiro atoms. The zero-order valence-electron chi connectivity index (χ0n) is 11.3. The summed E-state index contributed by atoms with van der Waals surface area (Å²) in [6.45, 7) is 4.56. The van der Waals surface area contributed by atoms with Crippen LogP contribution >= 0.6 is 0 Å². The van der Waals surface area contributed by atoms with Gasteiger partial charge in [0, 0.05) is 30.4 Å². The van der Waals surface area contributed by atoms with E-state index in [2.05, 4.69) is 0 Å². The molecule has 0 aromatic carbocycles. The van der Waals surface area contributed by atoms with Crippen molar-refractivity contribution in [2.24, 2.45) is 5.73 Å². The van der Waals surface area contributed by atoms with Gasteiger partial charge in [-0.3, -0.25) is 19.4 Å². The number of hydrogen-bond donors (Lipinski definition) is 1. The van der Waals surface area contributed by atoms with Crippen molar-refractivity contribution in [3.8, 4) is 0 Å². The predicted octanol–water partition coefficient (Wildman–Crippen LogP) is -0.209. The minimum atomic E-state index is 0.153. The van der Waals surface area contributed by atoms with Crippen LogP contribution in [-0.2, 0) is 9.59 Å². The summed E-state index contributed by atoms with van der Waals surface area (Å²) in [6, 6.07) is 0. The lowest BCUT2D eigenvalue weighted by molar-refractivity contribution is -0.115. The van der Waals surface area contributed by atoms with Gasteiger partial charge in [0.15, 0.2) is 11.6 Å². The van der Waals surface area contributed by atoms with E-state index in [0.29, 0.717) is 19.6 Å². The van der Waals surface area contributed by atoms with E-state index in [-0.39, 0.29) is 11.6 Å². The number of likely N-dealkylation sites (tertiary alicyclic amines) is 2. The minimum absolute atomic E-state index is 0.153. The first-order valence-corrected chi connectivity index (χ1v) is 5.97. The molecule has 0 aromatic rings. The first kappa shape index (κ1) is 14.6. The molecule has 2 rings (SSSR count). The molecule has 2 fully saturated rings. The summed E-state index contributed by atoms with van der Waals surface area (Å²) >= 11 is 0. The van der Waals surface area contributed by atoms with Crippen LogP contribution in [0.25, 0.3) is 0 Å². The highest BCUT2D eigenvalue weighted by molar-refractivity contribution is 5.99. The molecule has 0 aromatic heterocycles. The summed E-state index contributed by atoms with van der Waals surface area (Å²) in [5, 5.41) is 0. The SMILES string of the molecule is C/C=C1\CN(C)CC1=O.CN1CC(=O)/C(=C/N)C1. The summed E-state index contributed by atoms with van der Waals surface area (Å²) < 4.78 is 0. The first-order valence-electron chi connectivity index (χ1n) is 5.97. The Kier molecular flexibility index (Phi) is 5.25. The van der Waals surface area contributed by atoms with Gasteiger partial charge < -0.3 is 5.73 Å². The molecule has 0 radical (unpaired) electrons. The maximum atomic E-state index is 10.9. The Hall–Kier alpha value is -1.46. The number of ketones is 2. The van der Waals surface area contributed by atoms with Gasteiger partial charge in [-0.05, 0) is 21.0 Å². The molecule has 0 aliphatic carbocycles. The fourth-order valence-electron chi connectivity index (χ4n) is 1.96. The average Bonchev–Trinajstić information content (AvgIpc) is 2.81. The first-order chi connectivity index (χ1) is 8.47. The number of carbonyl (C=O) groups is 2. The van der Waals surface area contributed by atoms with Crippen LogP contribution in [0.4, 0.5) is 0 Å². The molecule has 0 bridgehead atoms. The number of Topliss-reactive ketones (excluding diaryl/α,β-unsaturated/α-hetero) is 2. The van der Waals surface area contributed by atoms with E-state index in [0.717, 1.165) is 17.7 Å². The number of hydrogen-bond acceptors (Lipinski definition) is 5. The quantitative estimate of drug-likeness (QED) is 0.603. The molecule has 2 heterocycles. The van der Waals surface area contributed by atoms with Gasteiger partial charge in [0.2, 0.25) is 0 Å². The molecule has 100 valence electrons. The van der Waals surface area contributed by atoms with Gasteiger partial charge in [0.1, 0.15) is 0 Å². The maximum absolute atomic E-state index is 10.9. The van der Waals surface area contributed by atoms with E-state index < -0.39 is 0 Å². The summed E-state index contributed by atoms with van der Waals surface area (Å²) in [4.78, 5) is 25.7. The van der Waals surface area contributed by atoms with Gasteiger partial charge >= 0.3 is 0 Å². The Morgan fingerprint density at radius 3 is 1.56 bits per heavy atom. The molecule has 0 amide bonds. The van der Waals surface area contributed by atoms with Gasteiger partial charge in [-0.2, -0.15) is 0 Å². The summed E-state index contributed by atoms with van der Waals surface area (Å²) in [5.41, 5.74) is 6.87. The highest BCUT2D eigenvalue weighted by Crippen LogP contribution is 2.08. The molecule has 5 heteroatoms. The molecular formula is C13H21N3O2. The number of rotatable bonds is 0. The number of nitrogens with zero attached hydrogens (tertiary/aromatic N) is 2. The largest absolute Gasteiger partial charge is 0.404 e. The van der Waals surface area contributed by atoms with Crippen LogP contribution in [0.15, 0.2) is 23.4 Å². The standard InChI is InChI=1S/C7H11NO.C6H10N2O/c1-3-6-4-8(2)5-7(6)9;1-8-3-5(2-7)6(9)4-8/h3H,4-5H2,1-2H3;2H,3-4,7H2,1H3/b6-3+;5-2+. The smallest absolute Gasteiger partial charge is 0.175 e. The van der Waals surface area contributed by atoms with Crippen molar-refractivity contribution in [3.05, 3.63) is 23.4 Å². The van der Waals surface area contributed by atoms with Crippen molar-refractivity contribution in [1.82, 2.24) is 9.80 Å². The zero-order valence-corrected chi connectivity index (χ0v) is 11.3. The van der Waals surface area contributed by atoms with Crippen molar-refractivity contribution in [2.45, 2.75) is 6.92 Å². The van der Waals surface area contributed by atoms with E-state index in [1.165, 1.54) is 6.20 Å². The Morgan fingerprint density at radius 2 is 1.39 bits per heavy atom. The molecular weight excluding hydrogens is 230 g/mol. The van der Waals surface area contributed by atoms with E-state index in [1.54, 1.807) is 0 Å². The van der Waals surface area contributed by atoms with Crippen molar-refractivity contribution >= 4 is 11.6 Å². The van der Waals surface area contributed by atoms with E-state index in [4.69, 9.17) is 5.73 Å². The molecule has 2 saturated heterocycles. The van der Waals surface area contributed by atoms with Crippen molar-refractivity contribution in [2.75, 3.05) is 40.3 Å². The lowest BCUT2D eigenvalue weighted by atomic mass is 10.2. The summed E-state index contributed by atoms with van der Waals surface area (Å²) in [6.07, 6.45) is 3.29. The molecule has 2 aliphatic heterocycles. The van der Waals surface area contributed by atoms with Gasteiger partial charge in [-0.25, -0.2) is 0 Å². The number of allylic oxidation sites excluding steroid dienone is 1. The van der Waals surface area contributed by atoms with Gasteiger partial charge in [-0.15, -0.1) is 0 Å². The maximum Gasteiger partial charge on any atom is 0.175 e. The Morgan fingerprint density at radius 1 is 0.944 bits per heavy atom. The van der Waals surface area contributed by atoms with Crippen LogP contribution in [0.3, 0.4) is 0 Å². The average molecular weight is 251 g/mol. The van der Waals surface area contributed by atoms with E-state index in [9.17, 15) is 9.59 Å². The molecule has 0 saturated carbocycles. The van der Waals surface area contributed by atoms with Crippen molar-refractivity contribution in [3.63, 3.8) is 0 Å². The second kappa shape index (κ2) is 6.47. The Bertz CT molecular complexity index is 361. The highest BCUT2D eigenvalue weighted by Gasteiger charge is 2.20. The third kappa shape index (κ3) is 3.78. The van der Waals surface area contributed by atoms with Crippen molar-refractivity contribution < 1.29 is 9.59 Å². The summed E-state index contributed by atoms with van der Waals surface area (Å²) in [5.74, 6) is 0.431. The topological polar surface area (TPSA) is 66.6 Å². The Labute approximate surface area is 108 Å². The van der Waals surface area contributed by atoms with Crippen LogP contribution in [0.1, 0.15) is 6.92 Å². The molecule has 5 nitrogen and oxygen atoms in total. The molecule has 0 unspecified atom stereocenters. The molecule has 2 N–H and O–H groups in total. The zero-order chi connectivity index (χ0) is 13.7. The van der Waals surface area contributed by atoms with Gasteiger partial charge in [0.25, 0.3) is 0 Å². The van der Waals surface area contributed by atoms with E-state index >= 15 is 0 Å². The lowest BCUT2D eigenvalue weighted by Gasteiger charge is -2.00. The molecule has 0 atom stereocenters. The minimum Gasteiger partial charge on any atom is -0.404 e. The second-order valence-electron chi connectivity index (χ2n) is 4.70.